The third-order valence-electron chi connectivity index (χ3n) is 12.1. The number of hydrogen-bond donors (Lipinski definition) is 0. The Bertz CT molecular complexity index is 3410. The van der Waals surface area contributed by atoms with Crippen LogP contribution in [0.4, 0.5) is 0 Å². The molecule has 0 saturated carbocycles. The van der Waals surface area contributed by atoms with Crippen molar-refractivity contribution in [2.45, 2.75) is 0 Å². The van der Waals surface area contributed by atoms with Gasteiger partial charge in [0.25, 0.3) is 0 Å². The van der Waals surface area contributed by atoms with E-state index in [0.717, 1.165) is 0 Å². The Hall–Kier alpha value is -7.28. The quantitative estimate of drug-likeness (QED) is 0.156. The molecule has 0 heterocycles. The molecule has 0 atom stereocenters. The SMILES string of the molecule is c1ccc(-c2cc(-c3ccc(-c4ccc5ccc6cccc7ccc4c5c67)cc3-c3ccccc3)cc(-c3ccc4ccc5cccc6ccc3c4c56)c2)cc1. The highest BCUT2D eigenvalue weighted by Crippen LogP contribution is 2.45. The Balaban J connectivity index is 1.10. The highest BCUT2D eigenvalue weighted by atomic mass is 14.2. The van der Waals surface area contributed by atoms with Crippen molar-refractivity contribution in [3.8, 4) is 55.6 Å². The van der Waals surface area contributed by atoms with Gasteiger partial charge in [-0.05, 0) is 145 Å². The molecule has 0 saturated heterocycles. The van der Waals surface area contributed by atoms with Gasteiger partial charge in [0, 0.05) is 0 Å². The molecule has 258 valence electrons. The Morgan fingerprint density at radius 1 is 0.179 bits per heavy atom. The summed E-state index contributed by atoms with van der Waals surface area (Å²) in [5.74, 6) is 0. The lowest BCUT2D eigenvalue weighted by Crippen LogP contribution is -1.92. The molecular weight excluding hydrogens is 673 g/mol. The van der Waals surface area contributed by atoms with Gasteiger partial charge >= 0.3 is 0 Å². The predicted octanol–water partition coefficient (Wildman–Crippen LogP) is 15.8. The Kier molecular flexibility index (Phi) is 6.73. The van der Waals surface area contributed by atoms with Gasteiger partial charge in [0.1, 0.15) is 0 Å². The van der Waals surface area contributed by atoms with Crippen LogP contribution in [0.2, 0.25) is 0 Å². The highest BCUT2D eigenvalue weighted by Gasteiger charge is 2.18. The molecule has 0 unspecified atom stereocenters. The van der Waals surface area contributed by atoms with E-state index in [-0.39, 0.29) is 0 Å². The van der Waals surface area contributed by atoms with Gasteiger partial charge < -0.3 is 0 Å². The molecule has 12 aromatic carbocycles. The van der Waals surface area contributed by atoms with Gasteiger partial charge in [-0.25, -0.2) is 0 Å². The van der Waals surface area contributed by atoms with Crippen LogP contribution in [-0.2, 0) is 0 Å². The Morgan fingerprint density at radius 2 is 0.589 bits per heavy atom. The van der Waals surface area contributed by atoms with Gasteiger partial charge in [0.15, 0.2) is 0 Å². The fourth-order valence-electron chi connectivity index (χ4n) is 9.53. The summed E-state index contributed by atoms with van der Waals surface area (Å²) >= 11 is 0. The van der Waals surface area contributed by atoms with Crippen molar-refractivity contribution in [1.82, 2.24) is 0 Å². The van der Waals surface area contributed by atoms with Crippen LogP contribution in [0.15, 0.2) is 206 Å². The third-order valence-corrected chi connectivity index (χ3v) is 12.1. The zero-order chi connectivity index (χ0) is 36.7. The van der Waals surface area contributed by atoms with Crippen LogP contribution >= 0.6 is 0 Å². The molecule has 0 fully saturated rings. The van der Waals surface area contributed by atoms with Crippen molar-refractivity contribution < 1.29 is 0 Å². The molecule has 0 amide bonds. The van der Waals surface area contributed by atoms with E-state index in [4.69, 9.17) is 0 Å². The van der Waals surface area contributed by atoms with Gasteiger partial charge in [-0.3, -0.25) is 0 Å². The van der Waals surface area contributed by atoms with Gasteiger partial charge in [-0.2, -0.15) is 0 Å². The molecule has 0 nitrogen and oxygen atoms in total. The van der Waals surface area contributed by atoms with E-state index in [1.54, 1.807) is 0 Å². The van der Waals surface area contributed by atoms with Crippen LogP contribution in [0.3, 0.4) is 0 Å². The second-order valence-electron chi connectivity index (χ2n) is 15.2. The molecule has 56 heavy (non-hydrogen) atoms. The average molecular weight is 707 g/mol. The largest absolute Gasteiger partial charge is 0.0622 e. The molecule has 0 aliphatic rings. The lowest BCUT2D eigenvalue weighted by molar-refractivity contribution is 1.56. The van der Waals surface area contributed by atoms with E-state index < -0.39 is 0 Å². The Morgan fingerprint density at radius 3 is 1.14 bits per heavy atom. The van der Waals surface area contributed by atoms with Crippen LogP contribution in [0.1, 0.15) is 0 Å². The summed E-state index contributed by atoms with van der Waals surface area (Å²) in [6.45, 7) is 0. The predicted molar refractivity (Wildman–Crippen MR) is 241 cm³/mol. The van der Waals surface area contributed by atoms with Gasteiger partial charge in [-0.1, -0.05) is 182 Å². The van der Waals surface area contributed by atoms with E-state index in [9.17, 15) is 0 Å². The first-order chi connectivity index (χ1) is 27.7. The molecular formula is C56H34. The van der Waals surface area contributed by atoms with Gasteiger partial charge in [0.2, 0.25) is 0 Å². The highest BCUT2D eigenvalue weighted by molar-refractivity contribution is 6.27. The molecule has 0 aliphatic heterocycles. The van der Waals surface area contributed by atoms with Crippen molar-refractivity contribution in [3.05, 3.63) is 206 Å². The first kappa shape index (κ1) is 31.1. The zero-order valence-electron chi connectivity index (χ0n) is 30.6. The fraction of sp³-hybridized carbons (Fsp3) is 0. The topological polar surface area (TPSA) is 0 Å². The molecule has 0 aromatic heterocycles. The first-order valence-corrected chi connectivity index (χ1v) is 19.5. The summed E-state index contributed by atoms with van der Waals surface area (Å²) in [5.41, 5.74) is 12.2. The lowest BCUT2D eigenvalue weighted by Gasteiger charge is -2.19. The van der Waals surface area contributed by atoms with E-state index in [0.29, 0.717) is 0 Å². The standard InChI is InChI=1S/C56H34/c1-3-9-35(10-4-1)44-31-45(48-27-22-42-20-18-38-14-8-16-40-24-30-51(48)56(42)54(38)40)33-46(32-44)49-28-25-43(34-52(49)36-11-5-2-6-12-36)47-26-21-41-19-17-37-13-7-15-39-23-29-50(47)55(41)53(37)39/h1-34H. The van der Waals surface area contributed by atoms with E-state index in [2.05, 4.69) is 206 Å². The zero-order valence-corrected chi connectivity index (χ0v) is 30.6. The molecule has 0 aliphatic carbocycles. The molecule has 0 spiro atoms. The van der Waals surface area contributed by atoms with Crippen LogP contribution in [0.25, 0.3) is 120 Å². The van der Waals surface area contributed by atoms with Crippen LogP contribution in [-0.4, -0.2) is 0 Å². The average Bonchev–Trinajstić information content (AvgIpc) is 3.27. The molecule has 12 aromatic rings. The maximum Gasteiger partial charge on any atom is -0.00206 e. The van der Waals surface area contributed by atoms with Gasteiger partial charge in [0.05, 0.1) is 0 Å². The molecule has 0 radical (unpaired) electrons. The minimum absolute atomic E-state index is 1.20. The molecule has 0 heteroatoms. The fourth-order valence-corrected chi connectivity index (χ4v) is 9.53. The van der Waals surface area contributed by atoms with E-state index in [1.807, 2.05) is 0 Å². The second kappa shape index (κ2) is 12.1. The van der Waals surface area contributed by atoms with Crippen molar-refractivity contribution in [2.24, 2.45) is 0 Å². The second-order valence-corrected chi connectivity index (χ2v) is 15.2. The minimum Gasteiger partial charge on any atom is -0.0622 e. The molecule has 0 bridgehead atoms. The summed E-state index contributed by atoms with van der Waals surface area (Å²) < 4.78 is 0. The summed E-state index contributed by atoms with van der Waals surface area (Å²) in [5, 5.41) is 15.7. The summed E-state index contributed by atoms with van der Waals surface area (Å²) in [7, 11) is 0. The number of benzene rings is 12. The lowest BCUT2D eigenvalue weighted by atomic mass is 9.85. The monoisotopic (exact) mass is 706 g/mol. The van der Waals surface area contributed by atoms with Crippen LogP contribution < -0.4 is 0 Å². The normalized spacial score (nSPS) is 11.9. The third kappa shape index (κ3) is 4.73. The van der Waals surface area contributed by atoms with Crippen molar-refractivity contribution >= 4 is 64.6 Å². The van der Waals surface area contributed by atoms with Crippen LogP contribution in [0, 0.1) is 0 Å². The molecule has 12 rings (SSSR count). The van der Waals surface area contributed by atoms with Crippen molar-refractivity contribution in [1.29, 1.82) is 0 Å². The van der Waals surface area contributed by atoms with Crippen molar-refractivity contribution in [2.75, 3.05) is 0 Å². The summed E-state index contributed by atoms with van der Waals surface area (Å²) in [4.78, 5) is 0. The van der Waals surface area contributed by atoms with E-state index >= 15 is 0 Å². The first-order valence-electron chi connectivity index (χ1n) is 19.5. The summed E-state index contributed by atoms with van der Waals surface area (Å²) in [6, 6.07) is 76.8. The van der Waals surface area contributed by atoms with Gasteiger partial charge in [-0.15, -0.1) is 0 Å². The maximum atomic E-state index is 2.42. The minimum atomic E-state index is 1.20. The smallest absolute Gasteiger partial charge is 0.00206 e. The maximum absolute atomic E-state index is 2.42. The number of hydrogen-bond acceptors (Lipinski definition) is 0. The van der Waals surface area contributed by atoms with Crippen LogP contribution in [0.5, 0.6) is 0 Å². The van der Waals surface area contributed by atoms with E-state index in [1.165, 1.54) is 120 Å². The van der Waals surface area contributed by atoms with Crippen molar-refractivity contribution in [3.63, 3.8) is 0 Å². The number of rotatable bonds is 5. The molecule has 0 N–H and O–H groups in total. The Labute approximate surface area is 325 Å². The summed E-state index contributed by atoms with van der Waals surface area (Å²) in [6.07, 6.45) is 0.